The molecule has 2 aromatic carbocycles. The first-order chi connectivity index (χ1) is 16.4. The number of carbonyl (C=O) groups is 3. The zero-order chi connectivity index (χ0) is 24.0. The average molecular weight is 461 g/mol. The molecule has 0 radical (unpaired) electrons. The van der Waals surface area contributed by atoms with Gasteiger partial charge < -0.3 is 9.64 Å². The Kier molecular flexibility index (Phi) is 5.49. The summed E-state index contributed by atoms with van der Waals surface area (Å²) in [5, 5.41) is 11.3. The number of rotatable bonds is 7. The molecule has 2 aromatic rings. The van der Waals surface area contributed by atoms with E-state index in [-0.39, 0.29) is 29.6 Å². The SMILES string of the molecule is COCCCN1C(=O)[C@@H]2[C@@H](C1=O)[C@H](C(=O)c1cccc([N+](=O)[O-])c1)N1c3ccccc3C=C[C@H]21. The van der Waals surface area contributed by atoms with Crippen LogP contribution in [0, 0.1) is 22.0 Å². The summed E-state index contributed by atoms with van der Waals surface area (Å²) in [5.41, 5.74) is 1.58. The van der Waals surface area contributed by atoms with Crippen molar-refractivity contribution in [1.29, 1.82) is 0 Å². The van der Waals surface area contributed by atoms with Gasteiger partial charge in [0, 0.05) is 43.6 Å². The number of Topliss-reactive ketones (excluding diaryl/α,β-unsaturated/α-hetero) is 1. The fourth-order valence-electron chi connectivity index (χ4n) is 5.41. The number of imide groups is 1. The van der Waals surface area contributed by atoms with E-state index in [1.807, 2.05) is 41.3 Å². The summed E-state index contributed by atoms with van der Waals surface area (Å²) in [5.74, 6) is -2.66. The molecule has 9 nitrogen and oxygen atoms in total. The molecule has 0 saturated carbocycles. The smallest absolute Gasteiger partial charge is 0.270 e. The highest BCUT2D eigenvalue weighted by atomic mass is 16.6. The Bertz CT molecular complexity index is 1220. The highest BCUT2D eigenvalue weighted by Crippen LogP contribution is 2.49. The number of carbonyl (C=O) groups excluding carboxylic acids is 3. The maximum atomic E-state index is 13.9. The lowest BCUT2D eigenvalue weighted by molar-refractivity contribution is -0.384. The second-order valence-electron chi connectivity index (χ2n) is 8.66. The lowest BCUT2D eigenvalue weighted by atomic mass is 9.86. The summed E-state index contributed by atoms with van der Waals surface area (Å²) in [6.45, 7) is 0.633. The van der Waals surface area contributed by atoms with Gasteiger partial charge in [-0.1, -0.05) is 42.5 Å². The number of likely N-dealkylation sites (tertiary alicyclic amines) is 1. The number of ether oxygens (including phenoxy) is 1. The maximum Gasteiger partial charge on any atom is 0.270 e. The first kappa shape index (κ1) is 22.0. The predicted octanol–water partition coefficient (Wildman–Crippen LogP) is 2.70. The van der Waals surface area contributed by atoms with Crippen LogP contribution in [0.2, 0.25) is 0 Å². The molecule has 0 aromatic heterocycles. The number of nitro benzene ring substituents is 1. The normalized spacial score (nSPS) is 24.7. The molecule has 2 amide bonds. The number of nitrogens with zero attached hydrogens (tertiary/aromatic N) is 3. The number of benzene rings is 2. The summed E-state index contributed by atoms with van der Waals surface area (Å²) in [7, 11) is 1.55. The topological polar surface area (TPSA) is 110 Å². The van der Waals surface area contributed by atoms with Gasteiger partial charge in [-0.15, -0.1) is 0 Å². The Morgan fingerprint density at radius 2 is 1.85 bits per heavy atom. The molecule has 0 aliphatic carbocycles. The highest BCUT2D eigenvalue weighted by Gasteiger charge is 2.63. The van der Waals surface area contributed by atoms with Crippen molar-refractivity contribution in [2.24, 2.45) is 11.8 Å². The van der Waals surface area contributed by atoms with Crippen molar-refractivity contribution in [2.75, 3.05) is 25.2 Å². The zero-order valence-corrected chi connectivity index (χ0v) is 18.5. The molecule has 5 rings (SSSR count). The number of hydrogen-bond acceptors (Lipinski definition) is 7. The van der Waals surface area contributed by atoms with Crippen LogP contribution in [0.3, 0.4) is 0 Å². The number of nitro groups is 1. The molecule has 2 saturated heterocycles. The van der Waals surface area contributed by atoms with E-state index in [0.717, 1.165) is 11.3 Å². The molecule has 0 spiro atoms. The minimum atomic E-state index is -0.952. The summed E-state index contributed by atoms with van der Waals surface area (Å²) in [6, 6.07) is 11.6. The third-order valence-corrected chi connectivity index (χ3v) is 6.85. The van der Waals surface area contributed by atoms with Crippen LogP contribution in [0.15, 0.2) is 54.6 Å². The fourth-order valence-corrected chi connectivity index (χ4v) is 5.41. The van der Waals surface area contributed by atoms with Crippen molar-refractivity contribution in [3.8, 4) is 0 Å². The lowest BCUT2D eigenvalue weighted by Crippen LogP contribution is -2.48. The van der Waals surface area contributed by atoms with Crippen molar-refractivity contribution in [3.05, 3.63) is 75.8 Å². The monoisotopic (exact) mass is 461 g/mol. The molecule has 0 N–H and O–H groups in total. The summed E-state index contributed by atoms with van der Waals surface area (Å²) in [4.78, 5) is 54.6. The highest BCUT2D eigenvalue weighted by molar-refractivity contribution is 6.14. The quantitative estimate of drug-likeness (QED) is 0.205. The predicted molar refractivity (Wildman–Crippen MR) is 123 cm³/mol. The Balaban J connectivity index is 1.59. The minimum Gasteiger partial charge on any atom is -0.385 e. The van der Waals surface area contributed by atoms with Crippen LogP contribution in [0.4, 0.5) is 11.4 Å². The largest absolute Gasteiger partial charge is 0.385 e. The van der Waals surface area contributed by atoms with E-state index in [4.69, 9.17) is 4.74 Å². The number of methoxy groups -OCH3 is 1. The molecule has 4 atom stereocenters. The van der Waals surface area contributed by atoms with Crippen molar-refractivity contribution in [1.82, 2.24) is 4.90 Å². The summed E-state index contributed by atoms with van der Waals surface area (Å²) in [6.07, 6.45) is 4.30. The van der Waals surface area contributed by atoms with Crippen molar-refractivity contribution in [3.63, 3.8) is 0 Å². The summed E-state index contributed by atoms with van der Waals surface area (Å²) < 4.78 is 5.06. The molecule has 0 unspecified atom stereocenters. The molecular weight excluding hydrogens is 438 g/mol. The van der Waals surface area contributed by atoms with Gasteiger partial charge in [-0.25, -0.2) is 0 Å². The molecule has 34 heavy (non-hydrogen) atoms. The van der Waals surface area contributed by atoms with Crippen molar-refractivity contribution >= 4 is 35.0 Å². The van der Waals surface area contributed by atoms with E-state index in [1.54, 1.807) is 7.11 Å². The maximum absolute atomic E-state index is 13.9. The van der Waals surface area contributed by atoms with E-state index < -0.39 is 34.6 Å². The first-order valence-corrected chi connectivity index (χ1v) is 11.1. The first-order valence-electron chi connectivity index (χ1n) is 11.1. The Labute approximate surface area is 195 Å². The van der Waals surface area contributed by atoms with Crippen molar-refractivity contribution < 1.29 is 24.0 Å². The van der Waals surface area contributed by atoms with Crippen LogP contribution in [-0.4, -0.2) is 59.8 Å². The van der Waals surface area contributed by atoms with E-state index in [0.29, 0.717) is 13.0 Å². The van der Waals surface area contributed by atoms with Crippen LogP contribution in [0.25, 0.3) is 6.08 Å². The number of hydrogen-bond donors (Lipinski definition) is 0. The van der Waals surface area contributed by atoms with Gasteiger partial charge in [0.05, 0.1) is 22.8 Å². The molecular formula is C25H23N3O6. The standard InChI is InChI=1S/C25H23N3O6/c1-34-13-5-12-26-24(30)20-19-11-10-15-6-2-3-9-18(15)27(19)22(21(20)25(26)31)23(29)16-7-4-8-17(14-16)28(32)33/h2-4,6-11,14,19-22H,5,12-13H2,1H3/t19-,20+,21-,22-/m1/s1. The third kappa shape index (κ3) is 3.31. The summed E-state index contributed by atoms with van der Waals surface area (Å²) >= 11 is 0. The number of ketones is 1. The number of fused-ring (bicyclic) bond motifs is 5. The second-order valence-corrected chi connectivity index (χ2v) is 8.66. The van der Waals surface area contributed by atoms with E-state index in [2.05, 4.69) is 0 Å². The third-order valence-electron chi connectivity index (χ3n) is 6.85. The Morgan fingerprint density at radius 1 is 1.09 bits per heavy atom. The molecule has 9 heteroatoms. The van der Waals surface area contributed by atoms with Gasteiger partial charge in [-0.05, 0) is 18.1 Å². The van der Waals surface area contributed by atoms with Crippen molar-refractivity contribution in [2.45, 2.75) is 18.5 Å². The van der Waals surface area contributed by atoms with Crippen LogP contribution < -0.4 is 4.90 Å². The van der Waals surface area contributed by atoms with E-state index in [9.17, 15) is 24.5 Å². The minimum absolute atomic E-state index is 0.142. The number of anilines is 1. The molecule has 2 fully saturated rings. The molecule has 3 aliphatic heterocycles. The lowest BCUT2D eigenvalue weighted by Gasteiger charge is -2.36. The number of non-ortho nitro benzene ring substituents is 1. The number of amides is 2. The molecule has 174 valence electrons. The molecule has 0 bridgehead atoms. The van der Waals surface area contributed by atoms with Gasteiger partial charge in [-0.3, -0.25) is 29.4 Å². The number of para-hydroxylation sites is 1. The average Bonchev–Trinajstić information content (AvgIpc) is 3.32. The van der Waals surface area contributed by atoms with Crippen LogP contribution in [0.1, 0.15) is 22.3 Å². The van der Waals surface area contributed by atoms with E-state index in [1.165, 1.54) is 29.2 Å². The van der Waals surface area contributed by atoms with Gasteiger partial charge >= 0.3 is 0 Å². The fraction of sp³-hybridized carbons (Fsp3) is 0.320. The second kappa shape index (κ2) is 8.49. The Hall–Kier alpha value is -3.85. The van der Waals surface area contributed by atoms with E-state index >= 15 is 0 Å². The van der Waals surface area contributed by atoms with Gasteiger partial charge in [0.25, 0.3) is 5.69 Å². The van der Waals surface area contributed by atoms with Gasteiger partial charge in [-0.2, -0.15) is 0 Å². The zero-order valence-electron chi connectivity index (χ0n) is 18.5. The van der Waals surface area contributed by atoms with Crippen LogP contribution >= 0.6 is 0 Å². The Morgan fingerprint density at radius 3 is 2.62 bits per heavy atom. The van der Waals surface area contributed by atoms with Gasteiger partial charge in [0.1, 0.15) is 6.04 Å². The van der Waals surface area contributed by atoms with Gasteiger partial charge in [0.2, 0.25) is 11.8 Å². The van der Waals surface area contributed by atoms with Crippen LogP contribution in [-0.2, 0) is 14.3 Å². The molecule has 3 heterocycles. The van der Waals surface area contributed by atoms with Crippen LogP contribution in [0.5, 0.6) is 0 Å². The van der Waals surface area contributed by atoms with Gasteiger partial charge in [0.15, 0.2) is 5.78 Å². The molecule has 3 aliphatic rings.